The average molecular weight is 365 g/mol. The zero-order valence-electron chi connectivity index (χ0n) is 12.0. The molecule has 0 saturated heterocycles. The van der Waals surface area contributed by atoms with E-state index in [-0.39, 0.29) is 0 Å². The van der Waals surface area contributed by atoms with E-state index in [9.17, 15) is 0 Å². The predicted molar refractivity (Wildman–Crippen MR) is 95.1 cm³/mol. The van der Waals surface area contributed by atoms with Gasteiger partial charge in [-0.3, -0.25) is 0 Å². The molecule has 0 radical (unpaired) electrons. The Morgan fingerprint density at radius 1 is 1.24 bits per heavy atom. The molecule has 0 bridgehead atoms. The van der Waals surface area contributed by atoms with Crippen LogP contribution in [0.1, 0.15) is 11.1 Å². The fraction of sp³-hybridized carbons (Fsp3) is 0.188. The van der Waals surface area contributed by atoms with E-state index in [1.807, 2.05) is 37.4 Å². The Kier molecular flexibility index (Phi) is 5.20. The van der Waals surface area contributed by atoms with Crippen LogP contribution in [0.5, 0.6) is 5.75 Å². The SMILES string of the molecule is COc1ccc(C(N)=S)c(N(C)Cc2ccc(Br)cc2)c1. The summed E-state index contributed by atoms with van der Waals surface area (Å²) in [5.41, 5.74) is 8.84. The molecule has 0 unspecified atom stereocenters. The molecule has 0 atom stereocenters. The highest BCUT2D eigenvalue weighted by molar-refractivity contribution is 9.10. The van der Waals surface area contributed by atoms with Gasteiger partial charge in [0.05, 0.1) is 12.8 Å². The minimum atomic E-state index is 0.385. The number of thiocarbonyl (C=S) groups is 1. The van der Waals surface area contributed by atoms with E-state index in [0.29, 0.717) is 4.99 Å². The van der Waals surface area contributed by atoms with Gasteiger partial charge < -0.3 is 15.4 Å². The summed E-state index contributed by atoms with van der Waals surface area (Å²) in [6.07, 6.45) is 0. The number of rotatable bonds is 5. The number of benzene rings is 2. The van der Waals surface area contributed by atoms with Crippen molar-refractivity contribution >= 4 is 38.8 Å². The second kappa shape index (κ2) is 6.91. The van der Waals surface area contributed by atoms with E-state index >= 15 is 0 Å². The Morgan fingerprint density at radius 3 is 2.48 bits per heavy atom. The number of nitrogens with zero attached hydrogens (tertiary/aromatic N) is 1. The summed E-state index contributed by atoms with van der Waals surface area (Å²) in [7, 11) is 3.66. The first-order valence-corrected chi connectivity index (χ1v) is 7.65. The van der Waals surface area contributed by atoms with E-state index in [4.69, 9.17) is 22.7 Å². The molecule has 0 saturated carbocycles. The molecule has 0 heterocycles. The molecule has 110 valence electrons. The Morgan fingerprint density at radius 2 is 1.90 bits per heavy atom. The summed E-state index contributed by atoms with van der Waals surface area (Å²) in [6, 6.07) is 13.9. The van der Waals surface area contributed by atoms with Crippen LogP contribution in [0, 0.1) is 0 Å². The molecule has 2 aromatic carbocycles. The van der Waals surface area contributed by atoms with Crippen LogP contribution in [0.2, 0.25) is 0 Å². The van der Waals surface area contributed by atoms with Gasteiger partial charge in [0.2, 0.25) is 0 Å². The topological polar surface area (TPSA) is 38.5 Å². The molecule has 0 spiro atoms. The largest absolute Gasteiger partial charge is 0.497 e. The first-order chi connectivity index (χ1) is 10.0. The van der Waals surface area contributed by atoms with Gasteiger partial charge in [0.15, 0.2) is 0 Å². The van der Waals surface area contributed by atoms with Crippen LogP contribution in [0.25, 0.3) is 0 Å². The van der Waals surface area contributed by atoms with Crippen molar-refractivity contribution in [2.24, 2.45) is 5.73 Å². The fourth-order valence-corrected chi connectivity index (χ4v) is 2.55. The molecule has 2 N–H and O–H groups in total. The number of hydrogen-bond donors (Lipinski definition) is 1. The maximum absolute atomic E-state index is 5.81. The van der Waals surface area contributed by atoms with Crippen LogP contribution in [0.3, 0.4) is 0 Å². The standard InChI is InChI=1S/C16H17BrN2OS/c1-19(10-11-3-5-12(17)6-4-11)15-9-13(20-2)7-8-14(15)16(18)21/h3-9H,10H2,1-2H3,(H2,18,21). The third-order valence-corrected chi connectivity index (χ3v) is 3.96. The maximum Gasteiger partial charge on any atom is 0.120 e. The molecule has 3 nitrogen and oxygen atoms in total. The zero-order chi connectivity index (χ0) is 15.4. The lowest BCUT2D eigenvalue weighted by Gasteiger charge is -2.23. The third-order valence-electron chi connectivity index (χ3n) is 3.21. The minimum Gasteiger partial charge on any atom is -0.497 e. The van der Waals surface area contributed by atoms with Crippen LogP contribution >= 0.6 is 28.1 Å². The normalized spacial score (nSPS) is 10.2. The molecule has 0 aliphatic heterocycles. The highest BCUT2D eigenvalue weighted by atomic mass is 79.9. The minimum absolute atomic E-state index is 0.385. The molecule has 2 aromatic rings. The monoisotopic (exact) mass is 364 g/mol. The summed E-state index contributed by atoms with van der Waals surface area (Å²) in [4.78, 5) is 2.50. The van der Waals surface area contributed by atoms with E-state index in [2.05, 4.69) is 33.0 Å². The summed E-state index contributed by atoms with van der Waals surface area (Å²) in [5, 5.41) is 0. The molecule has 21 heavy (non-hydrogen) atoms. The van der Waals surface area contributed by atoms with Crippen molar-refractivity contribution < 1.29 is 4.74 Å². The lowest BCUT2D eigenvalue weighted by Crippen LogP contribution is -2.21. The van der Waals surface area contributed by atoms with Crippen LogP contribution in [-0.4, -0.2) is 19.1 Å². The Labute approximate surface area is 138 Å². The number of nitrogens with two attached hydrogens (primary N) is 1. The fourth-order valence-electron chi connectivity index (χ4n) is 2.11. The van der Waals surface area contributed by atoms with Gasteiger partial charge in [0, 0.05) is 29.7 Å². The first-order valence-electron chi connectivity index (χ1n) is 6.44. The predicted octanol–water partition coefficient (Wildman–Crippen LogP) is 3.73. The lowest BCUT2D eigenvalue weighted by atomic mass is 10.1. The molecular weight excluding hydrogens is 348 g/mol. The molecule has 0 aliphatic carbocycles. The summed E-state index contributed by atoms with van der Waals surface area (Å²) >= 11 is 8.58. The molecular formula is C16H17BrN2OS. The van der Waals surface area contributed by atoms with Crippen molar-refractivity contribution in [1.82, 2.24) is 0 Å². The summed E-state index contributed by atoms with van der Waals surface area (Å²) in [5.74, 6) is 0.785. The summed E-state index contributed by atoms with van der Waals surface area (Å²) < 4.78 is 6.36. The second-order valence-electron chi connectivity index (χ2n) is 4.73. The molecule has 2 rings (SSSR count). The van der Waals surface area contributed by atoms with E-state index in [1.165, 1.54) is 5.56 Å². The van der Waals surface area contributed by atoms with Crippen LogP contribution < -0.4 is 15.4 Å². The van der Waals surface area contributed by atoms with Gasteiger partial charge in [0.1, 0.15) is 10.7 Å². The molecule has 0 aliphatic rings. The van der Waals surface area contributed by atoms with Crippen molar-refractivity contribution in [3.8, 4) is 5.75 Å². The van der Waals surface area contributed by atoms with Crippen LogP contribution in [-0.2, 0) is 6.54 Å². The van der Waals surface area contributed by atoms with E-state index in [1.54, 1.807) is 7.11 Å². The number of hydrogen-bond acceptors (Lipinski definition) is 3. The van der Waals surface area contributed by atoms with E-state index < -0.39 is 0 Å². The summed E-state index contributed by atoms with van der Waals surface area (Å²) in [6.45, 7) is 0.760. The maximum atomic E-state index is 5.81. The van der Waals surface area contributed by atoms with Crippen LogP contribution in [0.4, 0.5) is 5.69 Å². The zero-order valence-corrected chi connectivity index (χ0v) is 14.4. The van der Waals surface area contributed by atoms with Gasteiger partial charge in [-0.05, 0) is 29.8 Å². The number of methoxy groups -OCH3 is 1. The number of halogens is 1. The second-order valence-corrected chi connectivity index (χ2v) is 6.09. The lowest BCUT2D eigenvalue weighted by molar-refractivity contribution is 0.415. The number of ether oxygens (including phenoxy) is 1. The van der Waals surface area contributed by atoms with Gasteiger partial charge in [0.25, 0.3) is 0 Å². The first kappa shape index (κ1) is 15.8. The van der Waals surface area contributed by atoms with Gasteiger partial charge >= 0.3 is 0 Å². The van der Waals surface area contributed by atoms with Gasteiger partial charge in [-0.2, -0.15) is 0 Å². The molecule has 5 heteroatoms. The van der Waals surface area contributed by atoms with Gasteiger partial charge in [-0.15, -0.1) is 0 Å². The van der Waals surface area contributed by atoms with Gasteiger partial charge in [-0.25, -0.2) is 0 Å². The Hall–Kier alpha value is -1.59. The third kappa shape index (κ3) is 3.95. The molecule has 0 fully saturated rings. The Balaban J connectivity index is 2.30. The smallest absolute Gasteiger partial charge is 0.120 e. The van der Waals surface area contributed by atoms with Crippen LogP contribution in [0.15, 0.2) is 46.9 Å². The van der Waals surface area contributed by atoms with E-state index in [0.717, 1.165) is 28.0 Å². The van der Waals surface area contributed by atoms with Crippen molar-refractivity contribution in [2.45, 2.75) is 6.54 Å². The highest BCUT2D eigenvalue weighted by Gasteiger charge is 2.11. The van der Waals surface area contributed by atoms with Crippen molar-refractivity contribution in [3.05, 3.63) is 58.1 Å². The van der Waals surface area contributed by atoms with Crippen molar-refractivity contribution in [3.63, 3.8) is 0 Å². The highest BCUT2D eigenvalue weighted by Crippen LogP contribution is 2.26. The molecule has 0 aromatic heterocycles. The van der Waals surface area contributed by atoms with Crippen molar-refractivity contribution in [1.29, 1.82) is 0 Å². The number of anilines is 1. The molecule has 0 amide bonds. The van der Waals surface area contributed by atoms with Crippen molar-refractivity contribution in [2.75, 3.05) is 19.1 Å². The Bertz CT molecular complexity index is 643. The quantitative estimate of drug-likeness (QED) is 0.820. The van der Waals surface area contributed by atoms with Gasteiger partial charge in [-0.1, -0.05) is 40.3 Å². The average Bonchev–Trinajstić information content (AvgIpc) is 2.48.